The van der Waals surface area contributed by atoms with Crippen LogP contribution in [0.1, 0.15) is 0 Å². The molecular weight excluding hydrogens is 359 g/mol. The SMILES string of the molecule is COc1cc(F)ccc1N1CCN(c2ccc([N+](=O)[O-])cc2[N+](=O)[O-])CC1. The van der Waals surface area contributed by atoms with E-state index in [1.165, 1.54) is 31.4 Å². The summed E-state index contributed by atoms with van der Waals surface area (Å²) in [6.07, 6.45) is 0. The second kappa shape index (κ2) is 7.44. The molecule has 3 rings (SSSR count). The molecule has 0 N–H and O–H groups in total. The Labute approximate surface area is 153 Å². The van der Waals surface area contributed by atoms with Gasteiger partial charge in [0.15, 0.2) is 0 Å². The van der Waals surface area contributed by atoms with Crippen LogP contribution in [0.15, 0.2) is 36.4 Å². The van der Waals surface area contributed by atoms with Crippen LogP contribution < -0.4 is 14.5 Å². The molecule has 0 bridgehead atoms. The Balaban J connectivity index is 1.80. The lowest BCUT2D eigenvalue weighted by Gasteiger charge is -2.37. The molecule has 1 fully saturated rings. The second-order valence-electron chi connectivity index (χ2n) is 5.98. The van der Waals surface area contributed by atoms with Gasteiger partial charge in [-0.2, -0.15) is 0 Å². The van der Waals surface area contributed by atoms with Crippen molar-refractivity contribution in [3.63, 3.8) is 0 Å². The Morgan fingerprint density at radius 2 is 1.52 bits per heavy atom. The molecule has 1 aliphatic rings. The highest BCUT2D eigenvalue weighted by Crippen LogP contribution is 2.34. The van der Waals surface area contributed by atoms with Crippen LogP contribution in [-0.4, -0.2) is 43.1 Å². The van der Waals surface area contributed by atoms with Crippen LogP contribution in [0.3, 0.4) is 0 Å². The lowest BCUT2D eigenvalue weighted by atomic mass is 10.1. The Morgan fingerprint density at radius 3 is 2.07 bits per heavy atom. The number of nitrogens with zero attached hydrogens (tertiary/aromatic N) is 4. The molecule has 0 atom stereocenters. The molecule has 142 valence electrons. The number of non-ortho nitro benzene ring substituents is 1. The average molecular weight is 376 g/mol. The van der Waals surface area contributed by atoms with Crippen molar-refractivity contribution in [3.05, 3.63) is 62.4 Å². The fourth-order valence-electron chi connectivity index (χ4n) is 3.14. The van der Waals surface area contributed by atoms with Crippen LogP contribution in [0.2, 0.25) is 0 Å². The normalized spacial score (nSPS) is 14.1. The van der Waals surface area contributed by atoms with E-state index in [1.54, 1.807) is 6.07 Å². The van der Waals surface area contributed by atoms with Gasteiger partial charge in [0.2, 0.25) is 0 Å². The fourth-order valence-corrected chi connectivity index (χ4v) is 3.14. The molecule has 0 amide bonds. The smallest absolute Gasteiger partial charge is 0.299 e. The van der Waals surface area contributed by atoms with E-state index in [4.69, 9.17) is 4.74 Å². The second-order valence-corrected chi connectivity index (χ2v) is 5.98. The maximum atomic E-state index is 13.4. The summed E-state index contributed by atoms with van der Waals surface area (Å²) in [5.41, 5.74) is 0.477. The maximum Gasteiger partial charge on any atom is 0.299 e. The molecule has 1 aliphatic heterocycles. The van der Waals surface area contributed by atoms with Gasteiger partial charge in [0, 0.05) is 38.3 Å². The zero-order valence-corrected chi connectivity index (χ0v) is 14.5. The van der Waals surface area contributed by atoms with E-state index >= 15 is 0 Å². The number of hydrogen-bond acceptors (Lipinski definition) is 7. The molecule has 0 saturated carbocycles. The minimum absolute atomic E-state index is 0.294. The molecule has 2 aromatic carbocycles. The third-order valence-electron chi connectivity index (χ3n) is 4.47. The summed E-state index contributed by atoms with van der Waals surface area (Å²) in [7, 11) is 1.47. The van der Waals surface area contributed by atoms with Gasteiger partial charge in [0.1, 0.15) is 17.3 Å². The molecule has 1 saturated heterocycles. The number of nitro benzene ring substituents is 2. The molecule has 10 heteroatoms. The van der Waals surface area contributed by atoms with Crippen molar-refractivity contribution in [2.45, 2.75) is 0 Å². The van der Waals surface area contributed by atoms with Crippen LogP contribution in [0.5, 0.6) is 5.75 Å². The van der Waals surface area contributed by atoms with E-state index < -0.39 is 15.7 Å². The van der Waals surface area contributed by atoms with Gasteiger partial charge in [-0.15, -0.1) is 0 Å². The molecular formula is C17H17FN4O5. The van der Waals surface area contributed by atoms with Gasteiger partial charge in [-0.1, -0.05) is 0 Å². The standard InChI is InChI=1S/C17H17FN4O5/c1-27-17-10-12(18)2-4-15(17)20-8-6-19(7-9-20)14-5-3-13(21(23)24)11-16(14)22(25)26/h2-5,10-11H,6-9H2,1H3. The molecule has 9 nitrogen and oxygen atoms in total. The highest BCUT2D eigenvalue weighted by molar-refractivity contribution is 5.68. The molecule has 0 unspecified atom stereocenters. The number of hydrogen-bond donors (Lipinski definition) is 0. The number of methoxy groups -OCH3 is 1. The highest BCUT2D eigenvalue weighted by Gasteiger charge is 2.27. The summed E-state index contributed by atoms with van der Waals surface area (Å²) in [5, 5.41) is 22.2. The first kappa shape index (κ1) is 18.4. The Kier molecular flexibility index (Phi) is 5.06. The van der Waals surface area contributed by atoms with E-state index in [9.17, 15) is 24.6 Å². The van der Waals surface area contributed by atoms with E-state index in [0.717, 1.165) is 11.8 Å². The van der Waals surface area contributed by atoms with Gasteiger partial charge >= 0.3 is 0 Å². The third-order valence-corrected chi connectivity index (χ3v) is 4.47. The summed E-state index contributed by atoms with van der Waals surface area (Å²) in [6.45, 7) is 2.02. The van der Waals surface area contributed by atoms with Crippen LogP contribution in [0.4, 0.5) is 27.1 Å². The first-order valence-electron chi connectivity index (χ1n) is 8.17. The van der Waals surface area contributed by atoms with Crippen LogP contribution in [0.25, 0.3) is 0 Å². The molecule has 27 heavy (non-hydrogen) atoms. The van der Waals surface area contributed by atoms with Gasteiger partial charge in [-0.05, 0) is 18.2 Å². The van der Waals surface area contributed by atoms with Gasteiger partial charge in [0.25, 0.3) is 11.4 Å². The zero-order chi connectivity index (χ0) is 19.6. The zero-order valence-electron chi connectivity index (χ0n) is 14.5. The van der Waals surface area contributed by atoms with Gasteiger partial charge in [-0.3, -0.25) is 20.2 Å². The fraction of sp³-hybridized carbons (Fsp3) is 0.294. The van der Waals surface area contributed by atoms with E-state index in [1.807, 2.05) is 9.80 Å². The minimum Gasteiger partial charge on any atom is -0.494 e. The topological polar surface area (TPSA) is 102 Å². The quantitative estimate of drug-likeness (QED) is 0.584. The summed E-state index contributed by atoms with van der Waals surface area (Å²) >= 11 is 0. The monoisotopic (exact) mass is 376 g/mol. The summed E-state index contributed by atoms with van der Waals surface area (Å²) in [5.74, 6) is 0.0282. The molecule has 0 radical (unpaired) electrons. The molecule has 0 spiro atoms. The van der Waals surface area contributed by atoms with Crippen molar-refractivity contribution in [2.75, 3.05) is 43.1 Å². The summed E-state index contributed by atoms with van der Waals surface area (Å²) in [6, 6.07) is 7.94. The van der Waals surface area contributed by atoms with Gasteiger partial charge in [0.05, 0.1) is 28.7 Å². The minimum atomic E-state index is -0.657. The predicted molar refractivity (Wildman–Crippen MR) is 97.1 cm³/mol. The van der Waals surface area contributed by atoms with Crippen molar-refractivity contribution in [3.8, 4) is 5.75 Å². The van der Waals surface area contributed by atoms with Crippen molar-refractivity contribution in [2.24, 2.45) is 0 Å². The average Bonchev–Trinajstić information content (AvgIpc) is 2.67. The number of halogens is 1. The predicted octanol–water partition coefficient (Wildman–Crippen LogP) is 2.98. The molecule has 0 aliphatic carbocycles. The van der Waals surface area contributed by atoms with E-state index in [2.05, 4.69) is 0 Å². The first-order chi connectivity index (χ1) is 12.9. The summed E-state index contributed by atoms with van der Waals surface area (Å²) in [4.78, 5) is 24.8. The maximum absolute atomic E-state index is 13.4. The van der Waals surface area contributed by atoms with Crippen LogP contribution in [-0.2, 0) is 0 Å². The number of nitro groups is 2. The third kappa shape index (κ3) is 3.73. The molecule has 2 aromatic rings. The Bertz CT molecular complexity index is 884. The Morgan fingerprint density at radius 1 is 0.926 bits per heavy atom. The lowest BCUT2D eigenvalue weighted by molar-refractivity contribution is -0.393. The van der Waals surface area contributed by atoms with Gasteiger partial charge in [-0.25, -0.2) is 4.39 Å². The largest absolute Gasteiger partial charge is 0.494 e. The Hall–Kier alpha value is -3.43. The van der Waals surface area contributed by atoms with Crippen molar-refractivity contribution < 1.29 is 19.0 Å². The lowest BCUT2D eigenvalue weighted by Crippen LogP contribution is -2.46. The van der Waals surface area contributed by atoms with Crippen molar-refractivity contribution in [1.29, 1.82) is 0 Å². The van der Waals surface area contributed by atoms with Gasteiger partial charge < -0.3 is 14.5 Å². The molecule has 1 heterocycles. The highest BCUT2D eigenvalue weighted by atomic mass is 19.1. The van der Waals surface area contributed by atoms with E-state index in [0.29, 0.717) is 37.6 Å². The number of benzene rings is 2. The van der Waals surface area contributed by atoms with Crippen molar-refractivity contribution in [1.82, 2.24) is 0 Å². The molecule has 0 aromatic heterocycles. The number of anilines is 2. The summed E-state index contributed by atoms with van der Waals surface area (Å²) < 4.78 is 18.6. The van der Waals surface area contributed by atoms with Crippen LogP contribution >= 0.6 is 0 Å². The number of rotatable bonds is 5. The number of ether oxygens (including phenoxy) is 1. The number of piperazine rings is 1. The van der Waals surface area contributed by atoms with E-state index in [-0.39, 0.29) is 11.4 Å². The first-order valence-corrected chi connectivity index (χ1v) is 8.17. The van der Waals surface area contributed by atoms with Crippen LogP contribution in [0, 0.1) is 26.0 Å². The van der Waals surface area contributed by atoms with Crippen molar-refractivity contribution >= 4 is 22.7 Å².